The summed E-state index contributed by atoms with van der Waals surface area (Å²) in [6.45, 7) is 14.7. The molecule has 2 heteroatoms. The molecule has 0 aromatic heterocycles. The molecule has 17 heavy (non-hydrogen) atoms. The van der Waals surface area contributed by atoms with E-state index in [4.69, 9.17) is 0 Å². The lowest BCUT2D eigenvalue weighted by molar-refractivity contribution is 0.0378. The molecular weight excluding hydrogens is 210 g/mol. The SMILES string of the molecule is CC.CCCCC(C)(O)CCCNCC(C)C. The highest BCUT2D eigenvalue weighted by Crippen LogP contribution is 2.19. The number of rotatable bonds is 9. The average molecular weight is 245 g/mol. The predicted molar refractivity (Wildman–Crippen MR) is 78.4 cm³/mol. The van der Waals surface area contributed by atoms with Gasteiger partial charge in [-0.2, -0.15) is 0 Å². The third-order valence-electron chi connectivity index (χ3n) is 2.69. The largest absolute Gasteiger partial charge is 0.390 e. The third-order valence-corrected chi connectivity index (χ3v) is 2.69. The molecule has 1 unspecified atom stereocenters. The number of hydrogen-bond donors (Lipinski definition) is 2. The molecule has 1 atom stereocenters. The second kappa shape index (κ2) is 12.4. The van der Waals surface area contributed by atoms with Crippen LogP contribution in [-0.2, 0) is 0 Å². The van der Waals surface area contributed by atoms with Crippen LogP contribution in [0.4, 0.5) is 0 Å². The van der Waals surface area contributed by atoms with Crippen molar-refractivity contribution in [3.05, 3.63) is 0 Å². The highest BCUT2D eigenvalue weighted by molar-refractivity contribution is 4.72. The van der Waals surface area contributed by atoms with Crippen molar-refractivity contribution in [1.29, 1.82) is 0 Å². The average Bonchev–Trinajstić information content (AvgIpc) is 2.28. The summed E-state index contributed by atoms with van der Waals surface area (Å²) in [6.07, 6.45) is 5.23. The van der Waals surface area contributed by atoms with Gasteiger partial charge in [-0.3, -0.25) is 0 Å². The Morgan fingerprint density at radius 3 is 2.12 bits per heavy atom. The quantitative estimate of drug-likeness (QED) is 0.602. The molecule has 0 fully saturated rings. The Hall–Kier alpha value is -0.0800. The molecule has 0 bridgehead atoms. The fourth-order valence-corrected chi connectivity index (χ4v) is 1.67. The normalized spacial score (nSPS) is 14.1. The van der Waals surface area contributed by atoms with E-state index in [1.165, 1.54) is 6.42 Å². The molecule has 0 aliphatic carbocycles. The molecule has 0 amide bonds. The van der Waals surface area contributed by atoms with E-state index in [0.717, 1.165) is 38.8 Å². The van der Waals surface area contributed by atoms with Crippen LogP contribution in [0.15, 0.2) is 0 Å². The number of aliphatic hydroxyl groups is 1. The van der Waals surface area contributed by atoms with Crippen molar-refractivity contribution in [1.82, 2.24) is 5.32 Å². The van der Waals surface area contributed by atoms with Crippen LogP contribution in [-0.4, -0.2) is 23.8 Å². The molecule has 0 spiro atoms. The minimum absolute atomic E-state index is 0.449. The summed E-state index contributed by atoms with van der Waals surface area (Å²) < 4.78 is 0. The lowest BCUT2D eigenvalue weighted by Gasteiger charge is -2.23. The van der Waals surface area contributed by atoms with Crippen LogP contribution >= 0.6 is 0 Å². The van der Waals surface area contributed by atoms with Crippen molar-refractivity contribution in [2.45, 2.75) is 79.2 Å². The van der Waals surface area contributed by atoms with Crippen LogP contribution in [0.2, 0.25) is 0 Å². The van der Waals surface area contributed by atoms with Crippen molar-refractivity contribution >= 4 is 0 Å². The van der Waals surface area contributed by atoms with Crippen molar-refractivity contribution in [3.8, 4) is 0 Å². The van der Waals surface area contributed by atoms with E-state index in [9.17, 15) is 5.11 Å². The van der Waals surface area contributed by atoms with Gasteiger partial charge in [0.05, 0.1) is 5.60 Å². The lowest BCUT2D eigenvalue weighted by Crippen LogP contribution is -2.27. The summed E-state index contributed by atoms with van der Waals surface area (Å²) in [7, 11) is 0. The van der Waals surface area contributed by atoms with Gasteiger partial charge in [-0.25, -0.2) is 0 Å². The highest BCUT2D eigenvalue weighted by atomic mass is 16.3. The van der Waals surface area contributed by atoms with E-state index in [-0.39, 0.29) is 0 Å². The number of nitrogens with one attached hydrogen (secondary N) is 1. The van der Waals surface area contributed by atoms with Gasteiger partial charge in [0.15, 0.2) is 0 Å². The third kappa shape index (κ3) is 15.9. The maximum Gasteiger partial charge on any atom is 0.0620 e. The molecule has 2 N–H and O–H groups in total. The first-order chi connectivity index (χ1) is 7.98. The molecule has 0 heterocycles. The van der Waals surface area contributed by atoms with Gasteiger partial charge in [0.25, 0.3) is 0 Å². The van der Waals surface area contributed by atoms with E-state index in [1.54, 1.807) is 0 Å². The van der Waals surface area contributed by atoms with Gasteiger partial charge in [-0.05, 0) is 45.2 Å². The zero-order valence-corrected chi connectivity index (χ0v) is 13.0. The van der Waals surface area contributed by atoms with E-state index < -0.39 is 5.60 Å². The van der Waals surface area contributed by atoms with E-state index >= 15 is 0 Å². The minimum Gasteiger partial charge on any atom is -0.390 e. The van der Waals surface area contributed by atoms with Crippen LogP contribution in [0.3, 0.4) is 0 Å². The minimum atomic E-state index is -0.449. The van der Waals surface area contributed by atoms with E-state index in [0.29, 0.717) is 5.92 Å². The van der Waals surface area contributed by atoms with Crippen molar-refractivity contribution in [2.75, 3.05) is 13.1 Å². The fraction of sp³-hybridized carbons (Fsp3) is 1.00. The van der Waals surface area contributed by atoms with Gasteiger partial charge in [-0.1, -0.05) is 47.5 Å². The van der Waals surface area contributed by atoms with Gasteiger partial charge >= 0.3 is 0 Å². The van der Waals surface area contributed by atoms with Gasteiger partial charge in [0.2, 0.25) is 0 Å². The van der Waals surface area contributed by atoms with Crippen LogP contribution in [0, 0.1) is 5.92 Å². The topological polar surface area (TPSA) is 32.3 Å². The Labute approximate surface area is 109 Å². The predicted octanol–water partition coefficient (Wildman–Crippen LogP) is 3.98. The van der Waals surface area contributed by atoms with E-state index in [2.05, 4.69) is 26.1 Å². The van der Waals surface area contributed by atoms with Crippen LogP contribution in [0.5, 0.6) is 0 Å². The summed E-state index contributed by atoms with van der Waals surface area (Å²) in [5, 5.41) is 13.4. The molecule has 0 saturated carbocycles. The maximum atomic E-state index is 10.0. The maximum absolute atomic E-state index is 10.0. The molecule has 0 aliphatic heterocycles. The second-order valence-electron chi connectivity index (χ2n) is 5.30. The first-order valence-corrected chi connectivity index (χ1v) is 7.41. The van der Waals surface area contributed by atoms with Gasteiger partial charge in [-0.15, -0.1) is 0 Å². The lowest BCUT2D eigenvalue weighted by atomic mass is 9.94. The van der Waals surface area contributed by atoms with Crippen molar-refractivity contribution < 1.29 is 5.11 Å². The van der Waals surface area contributed by atoms with Crippen LogP contribution in [0.25, 0.3) is 0 Å². The molecule has 0 aliphatic rings. The van der Waals surface area contributed by atoms with Crippen LogP contribution < -0.4 is 5.32 Å². The zero-order chi connectivity index (χ0) is 13.7. The summed E-state index contributed by atoms with van der Waals surface area (Å²) in [4.78, 5) is 0. The monoisotopic (exact) mass is 245 g/mol. The standard InChI is InChI=1S/C13H29NO.C2H6/c1-5-6-8-13(4,15)9-7-10-14-11-12(2)3;1-2/h12,14-15H,5-11H2,1-4H3;1-2H3. The van der Waals surface area contributed by atoms with Crippen molar-refractivity contribution in [2.24, 2.45) is 5.92 Å². The molecule has 0 saturated heterocycles. The Balaban J connectivity index is 0. The summed E-state index contributed by atoms with van der Waals surface area (Å²) >= 11 is 0. The van der Waals surface area contributed by atoms with Gasteiger partial charge in [0, 0.05) is 0 Å². The Morgan fingerprint density at radius 2 is 1.65 bits per heavy atom. The van der Waals surface area contributed by atoms with Crippen LogP contribution in [0.1, 0.15) is 73.6 Å². The first-order valence-electron chi connectivity index (χ1n) is 7.41. The smallest absolute Gasteiger partial charge is 0.0620 e. The highest BCUT2D eigenvalue weighted by Gasteiger charge is 2.18. The van der Waals surface area contributed by atoms with Crippen molar-refractivity contribution in [3.63, 3.8) is 0 Å². The Kier molecular flexibility index (Phi) is 14.0. The molecule has 0 radical (unpaired) electrons. The number of unbranched alkanes of at least 4 members (excludes halogenated alkanes) is 1. The Bertz CT molecular complexity index is 144. The summed E-state index contributed by atoms with van der Waals surface area (Å²) in [5.74, 6) is 0.714. The van der Waals surface area contributed by atoms with E-state index in [1.807, 2.05) is 20.8 Å². The van der Waals surface area contributed by atoms with Gasteiger partial charge < -0.3 is 10.4 Å². The van der Waals surface area contributed by atoms with Gasteiger partial charge in [0.1, 0.15) is 0 Å². The first kappa shape index (κ1) is 19.3. The summed E-state index contributed by atoms with van der Waals surface area (Å²) in [5.41, 5.74) is -0.449. The second-order valence-corrected chi connectivity index (χ2v) is 5.30. The fourth-order valence-electron chi connectivity index (χ4n) is 1.67. The molecular formula is C15H35NO. The molecule has 106 valence electrons. The molecule has 2 nitrogen and oxygen atoms in total. The molecule has 0 aromatic carbocycles. The zero-order valence-electron chi connectivity index (χ0n) is 13.0. The molecule has 0 aromatic rings. The number of hydrogen-bond acceptors (Lipinski definition) is 2. The summed E-state index contributed by atoms with van der Waals surface area (Å²) in [6, 6.07) is 0. The molecule has 0 rings (SSSR count). The Morgan fingerprint density at radius 1 is 1.12 bits per heavy atom.